The molecule has 3 aromatic rings. The number of fused-ring (bicyclic) bond motifs is 1. The van der Waals surface area contributed by atoms with E-state index in [9.17, 15) is 4.79 Å². The second-order valence-electron chi connectivity index (χ2n) is 4.43. The number of methoxy groups -OCH3 is 1. The van der Waals surface area contributed by atoms with E-state index >= 15 is 0 Å². The number of anilines is 1. The van der Waals surface area contributed by atoms with E-state index in [0.29, 0.717) is 17.1 Å². The normalized spacial score (nSPS) is 10.3. The molecule has 5 heteroatoms. The van der Waals surface area contributed by atoms with Crippen molar-refractivity contribution in [2.45, 2.75) is 0 Å². The van der Waals surface area contributed by atoms with Crippen molar-refractivity contribution in [2.75, 3.05) is 12.4 Å². The van der Waals surface area contributed by atoms with E-state index in [0.717, 1.165) is 10.9 Å². The summed E-state index contributed by atoms with van der Waals surface area (Å²) in [6, 6.07) is 13.0. The van der Waals surface area contributed by atoms with Gasteiger partial charge in [0.2, 0.25) is 5.88 Å². The van der Waals surface area contributed by atoms with Gasteiger partial charge >= 0.3 is 0 Å². The van der Waals surface area contributed by atoms with Crippen LogP contribution < -0.4 is 10.1 Å². The topological polar surface area (TPSA) is 64.1 Å². The van der Waals surface area contributed by atoms with E-state index in [4.69, 9.17) is 4.74 Å². The third kappa shape index (κ3) is 2.67. The van der Waals surface area contributed by atoms with Crippen LogP contribution in [0.5, 0.6) is 5.88 Å². The van der Waals surface area contributed by atoms with Gasteiger partial charge in [-0.15, -0.1) is 0 Å². The van der Waals surface area contributed by atoms with Crippen molar-refractivity contribution < 1.29 is 9.53 Å². The molecular formula is C16H13N3O2. The Morgan fingerprint density at radius 3 is 2.86 bits per heavy atom. The Morgan fingerprint density at radius 1 is 1.14 bits per heavy atom. The molecule has 0 aliphatic heterocycles. The van der Waals surface area contributed by atoms with Gasteiger partial charge in [0, 0.05) is 11.6 Å². The number of carbonyl (C=O) groups is 1. The molecule has 0 atom stereocenters. The van der Waals surface area contributed by atoms with Crippen LogP contribution in [0, 0.1) is 0 Å². The highest BCUT2D eigenvalue weighted by Crippen LogP contribution is 2.19. The van der Waals surface area contributed by atoms with Crippen LogP contribution in [0.4, 0.5) is 5.69 Å². The Hall–Kier alpha value is -2.95. The van der Waals surface area contributed by atoms with Gasteiger partial charge < -0.3 is 10.1 Å². The van der Waals surface area contributed by atoms with Gasteiger partial charge in [0.25, 0.3) is 5.91 Å². The second kappa shape index (κ2) is 5.58. The summed E-state index contributed by atoms with van der Waals surface area (Å²) in [4.78, 5) is 20.6. The molecule has 5 nitrogen and oxygen atoms in total. The minimum Gasteiger partial charge on any atom is -0.480 e. The average molecular weight is 279 g/mol. The van der Waals surface area contributed by atoms with Crippen LogP contribution in [-0.2, 0) is 0 Å². The molecule has 0 radical (unpaired) electrons. The molecule has 21 heavy (non-hydrogen) atoms. The number of amides is 1. The number of ether oxygens (including phenoxy) is 1. The highest BCUT2D eigenvalue weighted by molar-refractivity contribution is 6.06. The van der Waals surface area contributed by atoms with Crippen molar-refractivity contribution in [2.24, 2.45) is 0 Å². The first-order valence-electron chi connectivity index (χ1n) is 6.43. The number of para-hydroxylation sites is 1. The lowest BCUT2D eigenvalue weighted by atomic mass is 10.2. The van der Waals surface area contributed by atoms with Crippen molar-refractivity contribution in [3.8, 4) is 5.88 Å². The zero-order valence-electron chi connectivity index (χ0n) is 11.4. The van der Waals surface area contributed by atoms with Crippen LogP contribution in [0.1, 0.15) is 10.4 Å². The molecule has 0 spiro atoms. The first-order valence-corrected chi connectivity index (χ1v) is 6.43. The molecule has 1 amide bonds. The summed E-state index contributed by atoms with van der Waals surface area (Å²) in [6.45, 7) is 0. The number of hydrogen-bond acceptors (Lipinski definition) is 4. The fraction of sp³-hybridized carbons (Fsp3) is 0.0625. The number of aromatic nitrogens is 2. The third-order valence-electron chi connectivity index (χ3n) is 3.06. The molecule has 0 saturated heterocycles. The monoisotopic (exact) mass is 279 g/mol. The maximum Gasteiger partial charge on any atom is 0.261 e. The first kappa shape index (κ1) is 13.1. The lowest BCUT2D eigenvalue weighted by Gasteiger charge is -2.08. The number of rotatable bonds is 3. The Kier molecular flexibility index (Phi) is 3.47. The van der Waals surface area contributed by atoms with Crippen LogP contribution in [0.25, 0.3) is 10.9 Å². The van der Waals surface area contributed by atoms with Gasteiger partial charge in [0.1, 0.15) is 5.56 Å². The Balaban J connectivity index is 1.89. The van der Waals surface area contributed by atoms with Crippen LogP contribution in [0.2, 0.25) is 0 Å². The smallest absolute Gasteiger partial charge is 0.261 e. The largest absolute Gasteiger partial charge is 0.480 e. The fourth-order valence-corrected chi connectivity index (χ4v) is 2.06. The minimum absolute atomic E-state index is 0.281. The van der Waals surface area contributed by atoms with E-state index in [1.165, 1.54) is 7.11 Å². The zero-order chi connectivity index (χ0) is 14.7. The number of benzene rings is 1. The van der Waals surface area contributed by atoms with Crippen molar-refractivity contribution in [3.63, 3.8) is 0 Å². The van der Waals surface area contributed by atoms with Gasteiger partial charge in [-0.3, -0.25) is 9.78 Å². The average Bonchev–Trinajstić information content (AvgIpc) is 2.54. The highest BCUT2D eigenvalue weighted by Gasteiger charge is 2.13. The molecular weight excluding hydrogens is 266 g/mol. The molecule has 1 aromatic carbocycles. The number of hydrogen-bond donors (Lipinski definition) is 1. The quantitative estimate of drug-likeness (QED) is 0.800. The fourth-order valence-electron chi connectivity index (χ4n) is 2.06. The predicted molar refractivity (Wildman–Crippen MR) is 80.5 cm³/mol. The number of nitrogens with zero attached hydrogens (tertiary/aromatic N) is 2. The van der Waals surface area contributed by atoms with E-state index in [1.54, 1.807) is 24.5 Å². The number of pyridine rings is 2. The molecule has 0 aliphatic carbocycles. The Morgan fingerprint density at radius 2 is 2.00 bits per heavy atom. The summed E-state index contributed by atoms with van der Waals surface area (Å²) < 4.78 is 5.09. The second-order valence-corrected chi connectivity index (χ2v) is 4.43. The maximum absolute atomic E-state index is 12.3. The van der Waals surface area contributed by atoms with E-state index < -0.39 is 0 Å². The van der Waals surface area contributed by atoms with Crippen LogP contribution in [-0.4, -0.2) is 23.0 Å². The molecule has 0 saturated carbocycles. The van der Waals surface area contributed by atoms with Gasteiger partial charge in [-0.1, -0.05) is 18.2 Å². The van der Waals surface area contributed by atoms with E-state index in [1.807, 2.05) is 30.3 Å². The molecule has 0 bridgehead atoms. The van der Waals surface area contributed by atoms with E-state index in [-0.39, 0.29) is 5.91 Å². The summed E-state index contributed by atoms with van der Waals surface area (Å²) in [5.41, 5.74) is 1.90. The SMILES string of the molecule is COc1ncccc1C(=O)Nc1cnc2ccccc2c1. The molecule has 104 valence electrons. The van der Waals surface area contributed by atoms with Gasteiger partial charge in [0.05, 0.1) is 24.5 Å². The maximum atomic E-state index is 12.3. The first-order chi connectivity index (χ1) is 10.3. The van der Waals surface area contributed by atoms with Gasteiger partial charge in [-0.25, -0.2) is 4.98 Å². The highest BCUT2D eigenvalue weighted by atomic mass is 16.5. The van der Waals surface area contributed by atoms with Crippen LogP contribution in [0.3, 0.4) is 0 Å². The van der Waals surface area contributed by atoms with Crippen molar-refractivity contribution >= 4 is 22.5 Å². The molecule has 1 N–H and O–H groups in total. The molecule has 0 fully saturated rings. The lowest BCUT2D eigenvalue weighted by Crippen LogP contribution is -2.13. The lowest BCUT2D eigenvalue weighted by molar-refractivity contribution is 0.102. The van der Waals surface area contributed by atoms with Crippen LogP contribution >= 0.6 is 0 Å². The zero-order valence-corrected chi connectivity index (χ0v) is 11.4. The van der Waals surface area contributed by atoms with Gasteiger partial charge in [-0.05, 0) is 24.3 Å². The summed E-state index contributed by atoms with van der Waals surface area (Å²) in [5, 5.41) is 3.77. The molecule has 2 aromatic heterocycles. The number of nitrogens with one attached hydrogen (secondary N) is 1. The summed E-state index contributed by atoms with van der Waals surface area (Å²) >= 11 is 0. The molecule has 3 rings (SSSR count). The van der Waals surface area contributed by atoms with Crippen molar-refractivity contribution in [1.82, 2.24) is 9.97 Å². The predicted octanol–water partition coefficient (Wildman–Crippen LogP) is 2.89. The third-order valence-corrected chi connectivity index (χ3v) is 3.06. The van der Waals surface area contributed by atoms with Crippen molar-refractivity contribution in [1.29, 1.82) is 0 Å². The van der Waals surface area contributed by atoms with E-state index in [2.05, 4.69) is 15.3 Å². The standard InChI is InChI=1S/C16H13N3O2/c1-21-16-13(6-4-8-17-16)15(20)19-12-9-11-5-2-3-7-14(11)18-10-12/h2-10H,1H3,(H,19,20). The molecule has 0 unspecified atom stereocenters. The van der Waals surface area contributed by atoms with Crippen molar-refractivity contribution in [3.05, 3.63) is 60.4 Å². The molecule has 2 heterocycles. The molecule has 0 aliphatic rings. The summed E-state index contributed by atoms with van der Waals surface area (Å²) in [5.74, 6) is 0.0146. The number of carbonyl (C=O) groups excluding carboxylic acids is 1. The van der Waals surface area contributed by atoms with Crippen LogP contribution in [0.15, 0.2) is 54.9 Å². The minimum atomic E-state index is -0.281. The Labute approximate surface area is 121 Å². The summed E-state index contributed by atoms with van der Waals surface area (Å²) in [6.07, 6.45) is 3.20. The Bertz CT molecular complexity index is 802. The van der Waals surface area contributed by atoms with Gasteiger partial charge in [0.15, 0.2) is 0 Å². The summed E-state index contributed by atoms with van der Waals surface area (Å²) in [7, 11) is 1.48. The van der Waals surface area contributed by atoms with Gasteiger partial charge in [-0.2, -0.15) is 0 Å².